The number of aliphatic hydroxyl groups excluding tert-OH is 1. The van der Waals surface area contributed by atoms with Crippen LogP contribution in [-0.4, -0.2) is 11.3 Å². The molecule has 1 atom stereocenters. The normalized spacial score (nSPS) is 13.5. The van der Waals surface area contributed by atoms with Crippen molar-refractivity contribution in [2.75, 3.05) is 0 Å². The molecule has 1 unspecified atom stereocenters. The Kier molecular flexibility index (Phi) is 6.35. The lowest BCUT2D eigenvalue weighted by Gasteiger charge is -2.21. The SMILES string of the molecule is CCCCCCC(c1ccc(CO)cc1)C(F)(F)F. The van der Waals surface area contributed by atoms with E-state index in [1.165, 1.54) is 12.1 Å². The molecule has 19 heavy (non-hydrogen) atoms. The van der Waals surface area contributed by atoms with Gasteiger partial charge in [0.1, 0.15) is 0 Å². The number of rotatable bonds is 7. The number of halogens is 3. The van der Waals surface area contributed by atoms with Gasteiger partial charge in [-0.25, -0.2) is 0 Å². The minimum atomic E-state index is -4.20. The summed E-state index contributed by atoms with van der Waals surface area (Å²) in [6.07, 6.45) is -0.623. The smallest absolute Gasteiger partial charge is 0.392 e. The molecule has 0 fully saturated rings. The van der Waals surface area contributed by atoms with Crippen LogP contribution >= 0.6 is 0 Å². The van der Waals surface area contributed by atoms with E-state index in [0.717, 1.165) is 19.3 Å². The van der Waals surface area contributed by atoms with Crippen LogP contribution in [0.3, 0.4) is 0 Å². The summed E-state index contributed by atoms with van der Waals surface area (Å²) in [7, 11) is 0. The van der Waals surface area contributed by atoms with Crippen molar-refractivity contribution in [1.82, 2.24) is 0 Å². The molecule has 0 aromatic heterocycles. The van der Waals surface area contributed by atoms with Gasteiger partial charge in [-0.3, -0.25) is 0 Å². The maximum Gasteiger partial charge on any atom is 0.395 e. The van der Waals surface area contributed by atoms with Crippen molar-refractivity contribution in [2.45, 2.75) is 57.7 Å². The molecule has 0 radical (unpaired) electrons. The van der Waals surface area contributed by atoms with Crippen LogP contribution in [0.5, 0.6) is 0 Å². The van der Waals surface area contributed by atoms with Crippen LogP contribution in [0.2, 0.25) is 0 Å². The summed E-state index contributed by atoms with van der Waals surface area (Å²) in [6, 6.07) is 6.06. The molecule has 1 N–H and O–H groups in total. The second kappa shape index (κ2) is 7.53. The van der Waals surface area contributed by atoms with Crippen LogP contribution in [0.4, 0.5) is 13.2 Å². The molecule has 0 amide bonds. The molecule has 108 valence electrons. The van der Waals surface area contributed by atoms with Crippen LogP contribution < -0.4 is 0 Å². The van der Waals surface area contributed by atoms with Gasteiger partial charge < -0.3 is 5.11 Å². The fourth-order valence-corrected chi connectivity index (χ4v) is 2.15. The highest BCUT2D eigenvalue weighted by Crippen LogP contribution is 2.38. The molecule has 0 aliphatic carbocycles. The number of hydrogen-bond acceptors (Lipinski definition) is 1. The Labute approximate surface area is 112 Å². The predicted molar refractivity (Wildman–Crippen MR) is 69.9 cm³/mol. The Bertz CT molecular complexity index is 357. The minimum absolute atomic E-state index is 0.141. The maximum absolute atomic E-state index is 13.0. The van der Waals surface area contributed by atoms with Gasteiger partial charge in [-0.15, -0.1) is 0 Å². The van der Waals surface area contributed by atoms with Crippen molar-refractivity contribution in [3.8, 4) is 0 Å². The van der Waals surface area contributed by atoms with Crippen molar-refractivity contribution < 1.29 is 18.3 Å². The van der Waals surface area contributed by atoms with E-state index in [4.69, 9.17) is 5.11 Å². The average molecular weight is 274 g/mol. The van der Waals surface area contributed by atoms with Crippen molar-refractivity contribution in [1.29, 1.82) is 0 Å². The molecule has 0 aliphatic heterocycles. The van der Waals surface area contributed by atoms with E-state index in [-0.39, 0.29) is 13.0 Å². The molecular weight excluding hydrogens is 253 g/mol. The first-order valence-electron chi connectivity index (χ1n) is 6.75. The first-order valence-corrected chi connectivity index (χ1v) is 6.75. The van der Waals surface area contributed by atoms with Crippen LogP contribution in [0.1, 0.15) is 56.1 Å². The lowest BCUT2D eigenvalue weighted by molar-refractivity contribution is -0.152. The minimum Gasteiger partial charge on any atom is -0.392 e. The standard InChI is InChI=1S/C15H21F3O/c1-2-3-4-5-6-14(15(16,17)18)13-9-7-12(11-19)8-10-13/h7-10,14,19H,2-6,11H2,1H3. The highest BCUT2D eigenvalue weighted by atomic mass is 19.4. The number of alkyl halides is 3. The van der Waals surface area contributed by atoms with E-state index in [1.807, 2.05) is 6.92 Å². The van der Waals surface area contributed by atoms with Crippen LogP contribution in [0.25, 0.3) is 0 Å². The van der Waals surface area contributed by atoms with Crippen molar-refractivity contribution in [2.24, 2.45) is 0 Å². The van der Waals surface area contributed by atoms with E-state index in [2.05, 4.69) is 0 Å². The van der Waals surface area contributed by atoms with Crippen LogP contribution in [0.15, 0.2) is 24.3 Å². The molecular formula is C15H21F3O. The Hall–Kier alpha value is -1.03. The Morgan fingerprint density at radius 1 is 1.05 bits per heavy atom. The molecule has 1 nitrogen and oxygen atoms in total. The quantitative estimate of drug-likeness (QED) is 0.708. The van der Waals surface area contributed by atoms with Gasteiger partial charge in [0.15, 0.2) is 0 Å². The highest BCUT2D eigenvalue weighted by Gasteiger charge is 2.39. The van der Waals surface area contributed by atoms with E-state index >= 15 is 0 Å². The van der Waals surface area contributed by atoms with Gasteiger partial charge in [-0.2, -0.15) is 13.2 Å². The molecule has 0 saturated heterocycles. The van der Waals surface area contributed by atoms with Crippen molar-refractivity contribution in [3.63, 3.8) is 0 Å². The topological polar surface area (TPSA) is 20.2 Å². The van der Waals surface area contributed by atoms with Gasteiger partial charge in [0.25, 0.3) is 0 Å². The zero-order valence-corrected chi connectivity index (χ0v) is 11.2. The molecule has 0 heterocycles. The van der Waals surface area contributed by atoms with Gasteiger partial charge in [-0.05, 0) is 17.5 Å². The summed E-state index contributed by atoms with van der Waals surface area (Å²) in [5, 5.41) is 8.91. The van der Waals surface area contributed by atoms with E-state index in [1.54, 1.807) is 12.1 Å². The van der Waals surface area contributed by atoms with E-state index in [9.17, 15) is 13.2 Å². The lowest BCUT2D eigenvalue weighted by Crippen LogP contribution is -2.20. The van der Waals surface area contributed by atoms with Crippen LogP contribution in [-0.2, 0) is 6.61 Å². The zero-order chi connectivity index (χ0) is 14.3. The van der Waals surface area contributed by atoms with Gasteiger partial charge >= 0.3 is 6.18 Å². The Morgan fingerprint density at radius 3 is 2.16 bits per heavy atom. The number of benzene rings is 1. The van der Waals surface area contributed by atoms with Crippen molar-refractivity contribution >= 4 is 0 Å². The summed E-state index contributed by atoms with van der Waals surface area (Å²) in [5.41, 5.74) is 0.928. The molecule has 1 aromatic carbocycles. The largest absolute Gasteiger partial charge is 0.395 e. The summed E-state index contributed by atoms with van der Waals surface area (Å²) in [6.45, 7) is 1.89. The molecule has 0 spiro atoms. The third-order valence-electron chi connectivity index (χ3n) is 3.31. The Balaban J connectivity index is 2.72. The fourth-order valence-electron chi connectivity index (χ4n) is 2.15. The van der Waals surface area contributed by atoms with E-state index in [0.29, 0.717) is 17.5 Å². The highest BCUT2D eigenvalue weighted by molar-refractivity contribution is 5.26. The van der Waals surface area contributed by atoms with Crippen molar-refractivity contribution in [3.05, 3.63) is 35.4 Å². The molecule has 1 aromatic rings. The maximum atomic E-state index is 13.0. The van der Waals surface area contributed by atoms with Gasteiger partial charge in [0.05, 0.1) is 12.5 Å². The molecule has 4 heteroatoms. The third-order valence-corrected chi connectivity index (χ3v) is 3.31. The summed E-state index contributed by atoms with van der Waals surface area (Å²) >= 11 is 0. The second-order valence-electron chi connectivity index (χ2n) is 4.84. The molecule has 0 saturated carbocycles. The third kappa shape index (κ3) is 5.23. The van der Waals surface area contributed by atoms with Gasteiger partial charge in [0, 0.05) is 0 Å². The van der Waals surface area contributed by atoms with E-state index < -0.39 is 12.1 Å². The molecule has 0 aliphatic rings. The zero-order valence-electron chi connectivity index (χ0n) is 11.2. The number of hydrogen-bond donors (Lipinski definition) is 1. The summed E-state index contributed by atoms with van der Waals surface area (Å²) in [4.78, 5) is 0. The second-order valence-corrected chi connectivity index (χ2v) is 4.84. The lowest BCUT2D eigenvalue weighted by atomic mass is 9.92. The van der Waals surface area contributed by atoms with Gasteiger partial charge in [-0.1, -0.05) is 56.9 Å². The Morgan fingerprint density at radius 2 is 1.68 bits per heavy atom. The number of aliphatic hydroxyl groups is 1. The summed E-state index contributed by atoms with van der Waals surface area (Å²) < 4.78 is 39.1. The molecule has 0 bridgehead atoms. The number of unbranched alkanes of at least 4 members (excludes halogenated alkanes) is 3. The average Bonchev–Trinajstić information content (AvgIpc) is 2.37. The first kappa shape index (κ1) is 16.0. The summed E-state index contributed by atoms with van der Waals surface area (Å²) in [5.74, 6) is -1.39. The van der Waals surface area contributed by atoms with Crippen LogP contribution in [0, 0.1) is 0 Å². The molecule has 1 rings (SSSR count). The predicted octanol–water partition coefficient (Wildman–Crippen LogP) is 4.80. The van der Waals surface area contributed by atoms with Gasteiger partial charge in [0.2, 0.25) is 0 Å². The monoisotopic (exact) mass is 274 g/mol. The fraction of sp³-hybridized carbons (Fsp3) is 0.600. The first-order chi connectivity index (χ1) is 8.99.